The molecule has 0 amide bonds. The second-order valence-electron chi connectivity index (χ2n) is 9.83. The van der Waals surface area contributed by atoms with Gasteiger partial charge in [-0.1, -0.05) is 91.0 Å². The van der Waals surface area contributed by atoms with Crippen LogP contribution >= 0.6 is 0 Å². The summed E-state index contributed by atoms with van der Waals surface area (Å²) in [4.78, 5) is 29.0. The summed E-state index contributed by atoms with van der Waals surface area (Å²) >= 11 is 0. The van der Waals surface area contributed by atoms with E-state index < -0.39 is 29.2 Å². The van der Waals surface area contributed by atoms with Crippen LogP contribution in [0, 0.1) is 0 Å². The number of aromatic nitrogens is 2. The topological polar surface area (TPSA) is 85.8 Å². The Morgan fingerprint density at radius 1 is 0.800 bits per heavy atom. The summed E-state index contributed by atoms with van der Waals surface area (Å²) in [6, 6.07) is 31.9. The van der Waals surface area contributed by atoms with Crippen molar-refractivity contribution in [2.24, 2.45) is 0 Å². The summed E-state index contributed by atoms with van der Waals surface area (Å²) in [5, 5.41) is 0. The number of rotatable bonds is 8. The van der Waals surface area contributed by atoms with E-state index in [2.05, 4.69) is 46.3 Å². The Hall–Kier alpha value is -4.24. The zero-order valence-electron chi connectivity index (χ0n) is 22.0. The fourth-order valence-corrected chi connectivity index (χ4v) is 5.51. The monoisotopic (exact) mass is 537 g/mol. The third-order valence-electron chi connectivity index (χ3n) is 7.40. The molecule has 3 aromatic carbocycles. The van der Waals surface area contributed by atoms with Crippen molar-refractivity contribution >= 4 is 0 Å². The molecule has 2 aliphatic heterocycles. The lowest BCUT2D eigenvalue weighted by molar-refractivity contribution is -0.0758. The van der Waals surface area contributed by atoms with Gasteiger partial charge < -0.3 is 19.1 Å². The van der Waals surface area contributed by atoms with Gasteiger partial charge in [0.1, 0.15) is 11.7 Å². The SMILES string of the molecule is O=c1ccn([C@H]2O[C@H](COC(c3ccccc3)(c3ccccc3)c3ccccc3)C=C2N2CCOCC2)c(=O)[nH]1. The Labute approximate surface area is 232 Å². The van der Waals surface area contributed by atoms with Gasteiger partial charge in [-0.15, -0.1) is 0 Å². The van der Waals surface area contributed by atoms with Crippen molar-refractivity contribution in [1.82, 2.24) is 14.5 Å². The largest absolute Gasteiger partial charge is 0.378 e. The summed E-state index contributed by atoms with van der Waals surface area (Å²) in [5.74, 6) is 0. The Morgan fingerprint density at radius 3 is 1.88 bits per heavy atom. The first-order valence-corrected chi connectivity index (χ1v) is 13.5. The summed E-state index contributed by atoms with van der Waals surface area (Å²) < 4.78 is 20.4. The minimum Gasteiger partial charge on any atom is -0.378 e. The molecule has 0 aliphatic carbocycles. The van der Waals surface area contributed by atoms with Gasteiger partial charge in [0.15, 0.2) is 6.23 Å². The first kappa shape index (κ1) is 26.0. The lowest BCUT2D eigenvalue weighted by Crippen LogP contribution is -2.40. The number of nitrogens with one attached hydrogen (secondary N) is 1. The highest BCUT2D eigenvalue weighted by molar-refractivity contribution is 5.47. The van der Waals surface area contributed by atoms with Crippen molar-refractivity contribution in [2.75, 3.05) is 32.9 Å². The number of hydrogen-bond donors (Lipinski definition) is 1. The first-order valence-electron chi connectivity index (χ1n) is 13.5. The first-order chi connectivity index (χ1) is 19.6. The molecule has 8 nitrogen and oxygen atoms in total. The van der Waals surface area contributed by atoms with Crippen molar-refractivity contribution in [2.45, 2.75) is 17.9 Å². The van der Waals surface area contributed by atoms with Crippen LogP contribution in [-0.2, 0) is 19.8 Å². The highest BCUT2D eigenvalue weighted by atomic mass is 16.6. The van der Waals surface area contributed by atoms with Crippen LogP contribution in [0.15, 0.2) is 125 Å². The van der Waals surface area contributed by atoms with Gasteiger partial charge in [0, 0.05) is 25.4 Å². The third kappa shape index (κ3) is 5.04. The molecule has 8 heteroatoms. The van der Waals surface area contributed by atoms with Crippen LogP contribution in [0.5, 0.6) is 0 Å². The Morgan fingerprint density at radius 2 is 1.35 bits per heavy atom. The Kier molecular flexibility index (Phi) is 7.46. The second-order valence-corrected chi connectivity index (χ2v) is 9.83. The minimum atomic E-state index is -0.896. The van der Waals surface area contributed by atoms with E-state index in [9.17, 15) is 9.59 Å². The molecule has 40 heavy (non-hydrogen) atoms. The van der Waals surface area contributed by atoms with Gasteiger partial charge in [0.05, 0.1) is 25.5 Å². The molecule has 1 aromatic heterocycles. The lowest BCUT2D eigenvalue weighted by atomic mass is 9.80. The van der Waals surface area contributed by atoms with Crippen LogP contribution in [0.2, 0.25) is 0 Å². The maximum atomic E-state index is 12.8. The normalized spacial score (nSPS) is 19.4. The van der Waals surface area contributed by atoms with E-state index in [1.807, 2.05) is 60.7 Å². The van der Waals surface area contributed by atoms with Gasteiger partial charge in [-0.2, -0.15) is 0 Å². The minimum absolute atomic E-state index is 0.223. The molecule has 2 atom stereocenters. The van der Waals surface area contributed by atoms with Crippen LogP contribution in [0.25, 0.3) is 0 Å². The molecule has 0 bridgehead atoms. The van der Waals surface area contributed by atoms with Crippen molar-refractivity contribution in [1.29, 1.82) is 0 Å². The van der Waals surface area contributed by atoms with E-state index in [-0.39, 0.29) is 6.61 Å². The molecule has 0 spiro atoms. The second kappa shape index (κ2) is 11.5. The molecule has 0 unspecified atom stereocenters. The molecular formula is C32H31N3O5. The van der Waals surface area contributed by atoms with E-state index in [4.69, 9.17) is 14.2 Å². The number of H-pyrrole nitrogens is 1. The molecule has 3 heterocycles. The molecule has 1 saturated heterocycles. The van der Waals surface area contributed by atoms with Crippen LogP contribution < -0.4 is 11.2 Å². The average Bonchev–Trinajstić information content (AvgIpc) is 3.43. The lowest BCUT2D eigenvalue weighted by Gasteiger charge is -2.36. The van der Waals surface area contributed by atoms with Gasteiger partial charge in [0.25, 0.3) is 5.56 Å². The fraction of sp³-hybridized carbons (Fsp3) is 0.250. The van der Waals surface area contributed by atoms with E-state index >= 15 is 0 Å². The van der Waals surface area contributed by atoms with Crippen LogP contribution in [0.1, 0.15) is 22.9 Å². The summed E-state index contributed by atoms with van der Waals surface area (Å²) in [5.41, 5.74) is 1.98. The summed E-state index contributed by atoms with van der Waals surface area (Å²) in [6.07, 6.45) is 2.36. The number of benzene rings is 3. The van der Waals surface area contributed by atoms with Crippen molar-refractivity contribution < 1.29 is 14.2 Å². The van der Waals surface area contributed by atoms with Gasteiger partial charge in [-0.3, -0.25) is 14.3 Å². The van der Waals surface area contributed by atoms with Crippen LogP contribution in [0.3, 0.4) is 0 Å². The number of aromatic amines is 1. The molecule has 1 N–H and O–H groups in total. The summed E-state index contributed by atoms with van der Waals surface area (Å²) in [6.45, 7) is 2.76. The molecule has 6 rings (SSSR count). The number of morpholine rings is 1. The Bertz CT molecular complexity index is 1460. The molecule has 204 valence electrons. The number of hydrogen-bond acceptors (Lipinski definition) is 6. The van der Waals surface area contributed by atoms with Crippen LogP contribution in [0.4, 0.5) is 0 Å². The van der Waals surface area contributed by atoms with Crippen molar-refractivity contribution in [3.8, 4) is 0 Å². The average molecular weight is 538 g/mol. The van der Waals surface area contributed by atoms with Gasteiger partial charge in [-0.05, 0) is 22.8 Å². The van der Waals surface area contributed by atoms with E-state index in [0.717, 1.165) is 22.4 Å². The smallest absolute Gasteiger partial charge is 0.330 e. The highest BCUT2D eigenvalue weighted by Gasteiger charge is 2.40. The molecule has 2 aliphatic rings. The van der Waals surface area contributed by atoms with Crippen molar-refractivity contribution in [3.63, 3.8) is 0 Å². The fourth-order valence-electron chi connectivity index (χ4n) is 5.51. The van der Waals surface area contributed by atoms with Gasteiger partial charge in [0.2, 0.25) is 0 Å². The van der Waals surface area contributed by atoms with Crippen molar-refractivity contribution in [3.05, 3.63) is 153 Å². The van der Waals surface area contributed by atoms with E-state index in [1.54, 1.807) is 0 Å². The molecule has 4 aromatic rings. The molecule has 0 saturated carbocycles. The maximum absolute atomic E-state index is 12.8. The maximum Gasteiger partial charge on any atom is 0.330 e. The van der Waals surface area contributed by atoms with Crippen LogP contribution in [-0.4, -0.2) is 53.5 Å². The van der Waals surface area contributed by atoms with E-state index in [1.165, 1.54) is 16.8 Å². The molecular weight excluding hydrogens is 506 g/mol. The number of ether oxygens (including phenoxy) is 3. The van der Waals surface area contributed by atoms with E-state index in [0.29, 0.717) is 26.3 Å². The Balaban J connectivity index is 1.39. The molecule has 1 fully saturated rings. The van der Waals surface area contributed by atoms with Gasteiger partial charge in [-0.25, -0.2) is 4.79 Å². The highest BCUT2D eigenvalue weighted by Crippen LogP contribution is 2.41. The quantitative estimate of drug-likeness (QED) is 0.346. The zero-order chi connectivity index (χ0) is 27.4. The standard InChI is InChI=1S/C32H31N3O5/c36-29-16-17-35(31(37)33-29)30-28(34-18-20-38-21-19-34)22-27(40-30)23-39-32(24-10-4-1-5-11-24,25-12-6-2-7-13-25)26-14-8-3-9-15-26/h1-17,22,27,30H,18-21,23H2,(H,33,36,37)/t27-,30-/m0/s1. The predicted molar refractivity (Wildman–Crippen MR) is 151 cm³/mol. The molecule has 0 radical (unpaired) electrons. The summed E-state index contributed by atoms with van der Waals surface area (Å²) in [7, 11) is 0. The third-order valence-corrected chi connectivity index (χ3v) is 7.40. The number of nitrogens with zero attached hydrogens (tertiary/aromatic N) is 2. The zero-order valence-corrected chi connectivity index (χ0v) is 22.0. The predicted octanol–water partition coefficient (Wildman–Crippen LogP) is 3.66. The van der Waals surface area contributed by atoms with Gasteiger partial charge >= 0.3 is 5.69 Å².